The zero-order valence-corrected chi connectivity index (χ0v) is 10.9. The average molecular weight is 288 g/mol. The van der Waals surface area contributed by atoms with E-state index >= 15 is 0 Å². The first kappa shape index (κ1) is 14.4. The van der Waals surface area contributed by atoms with E-state index in [4.69, 9.17) is 0 Å². The van der Waals surface area contributed by atoms with Gasteiger partial charge in [-0.2, -0.15) is 0 Å². The molecule has 21 heavy (non-hydrogen) atoms. The number of hydrogen-bond donors (Lipinski definition) is 0. The van der Waals surface area contributed by atoms with Gasteiger partial charge in [0, 0.05) is 0 Å². The predicted octanol–water partition coefficient (Wildman–Crippen LogP) is 4.04. The molecular formula is C15H6F5Li. The molecule has 0 saturated heterocycles. The van der Waals surface area contributed by atoms with Crippen LogP contribution in [0, 0.1) is 29.1 Å². The second-order valence-corrected chi connectivity index (χ2v) is 4.93. The molecule has 2 aromatic carbocycles. The van der Waals surface area contributed by atoms with Gasteiger partial charge < -0.3 is 0 Å². The van der Waals surface area contributed by atoms with Crippen molar-refractivity contribution < 1.29 is 22.0 Å². The molecule has 102 valence electrons. The molecule has 1 atom stereocenters. The van der Waals surface area contributed by atoms with Crippen LogP contribution in [0.3, 0.4) is 0 Å². The first-order valence-corrected chi connectivity index (χ1v) is 6.22. The molecule has 6 heteroatoms. The Bertz CT molecular complexity index is 753. The number of benzene rings is 2. The molecule has 0 aromatic heterocycles. The van der Waals surface area contributed by atoms with Gasteiger partial charge in [-0.15, -0.1) is 0 Å². The van der Waals surface area contributed by atoms with Crippen LogP contribution < -0.4 is 0 Å². The fourth-order valence-corrected chi connectivity index (χ4v) is 2.74. The molecule has 1 aliphatic carbocycles. The van der Waals surface area contributed by atoms with Gasteiger partial charge >= 0.3 is 126 Å². The molecule has 0 heterocycles. The van der Waals surface area contributed by atoms with Gasteiger partial charge in [-0.1, -0.05) is 0 Å². The molecule has 0 nitrogen and oxygen atoms in total. The molecular weight excluding hydrogens is 282 g/mol. The van der Waals surface area contributed by atoms with E-state index in [1.807, 2.05) is 0 Å². The van der Waals surface area contributed by atoms with Crippen LogP contribution in [-0.2, 0) is 0 Å². The summed E-state index contributed by atoms with van der Waals surface area (Å²) in [6.07, 6.45) is 1.68. The van der Waals surface area contributed by atoms with Crippen LogP contribution in [0.2, 0.25) is 0 Å². The summed E-state index contributed by atoms with van der Waals surface area (Å²) in [6.45, 7) is 0. The summed E-state index contributed by atoms with van der Waals surface area (Å²) < 4.78 is 68.4. The van der Waals surface area contributed by atoms with E-state index in [1.54, 1.807) is 48.1 Å². The van der Waals surface area contributed by atoms with Crippen molar-refractivity contribution in [2.45, 2.75) is 5.92 Å². The van der Waals surface area contributed by atoms with Gasteiger partial charge in [-0.3, -0.25) is 0 Å². The minimum absolute atomic E-state index is 0.526. The Morgan fingerprint density at radius 2 is 1.29 bits per heavy atom. The third kappa shape index (κ3) is 2.04. The van der Waals surface area contributed by atoms with Crippen molar-refractivity contribution in [3.8, 4) is 0 Å². The molecule has 0 spiro atoms. The van der Waals surface area contributed by atoms with Crippen LogP contribution in [0.15, 0.2) is 28.5 Å². The van der Waals surface area contributed by atoms with Gasteiger partial charge in [0.2, 0.25) is 0 Å². The van der Waals surface area contributed by atoms with E-state index in [-0.39, 0.29) is 0 Å². The first-order valence-electron chi connectivity index (χ1n) is 6.22. The molecule has 2 aromatic rings. The summed E-state index contributed by atoms with van der Waals surface area (Å²) in [5.41, 5.74) is 0.437. The Hall–Kier alpha value is -1.57. The van der Waals surface area contributed by atoms with Gasteiger partial charge in [0.1, 0.15) is 0 Å². The molecule has 0 fully saturated rings. The van der Waals surface area contributed by atoms with Crippen molar-refractivity contribution in [3.05, 3.63) is 74.3 Å². The molecule has 0 bridgehead atoms. The van der Waals surface area contributed by atoms with Crippen molar-refractivity contribution >= 4 is 23.8 Å². The maximum absolute atomic E-state index is 14.0. The number of fused-ring (bicyclic) bond motifs is 1. The van der Waals surface area contributed by atoms with Gasteiger partial charge in [-0.05, 0) is 0 Å². The number of hydrogen-bond acceptors (Lipinski definition) is 0. The number of allylic oxidation sites excluding steroid dienone is 1. The molecule has 0 amide bonds. The van der Waals surface area contributed by atoms with Crippen molar-refractivity contribution in [3.63, 3.8) is 0 Å². The second-order valence-electron chi connectivity index (χ2n) is 4.93. The molecule has 1 aliphatic rings. The van der Waals surface area contributed by atoms with E-state index in [9.17, 15) is 22.0 Å². The number of halogens is 5. The average Bonchev–Trinajstić information content (AvgIpc) is 2.80. The Morgan fingerprint density at radius 3 is 1.90 bits per heavy atom. The van der Waals surface area contributed by atoms with Crippen molar-refractivity contribution in [1.82, 2.24) is 0 Å². The molecule has 0 N–H and O–H groups in total. The van der Waals surface area contributed by atoms with E-state index in [2.05, 4.69) is 0 Å². The van der Waals surface area contributed by atoms with Crippen LogP contribution in [0.4, 0.5) is 22.0 Å². The third-order valence-corrected chi connectivity index (χ3v) is 3.68. The van der Waals surface area contributed by atoms with E-state index in [0.29, 0.717) is 15.4 Å². The van der Waals surface area contributed by atoms with Crippen LogP contribution in [0.5, 0.6) is 0 Å². The van der Waals surface area contributed by atoms with E-state index in [0.717, 1.165) is 0 Å². The van der Waals surface area contributed by atoms with Crippen molar-refractivity contribution in [2.24, 2.45) is 0 Å². The molecule has 1 unspecified atom stereocenters. The van der Waals surface area contributed by atoms with E-state index in [1.165, 1.54) is 0 Å². The zero-order valence-electron chi connectivity index (χ0n) is 10.9. The predicted molar refractivity (Wildman–Crippen MR) is 68.2 cm³/mol. The fourth-order valence-electron chi connectivity index (χ4n) is 2.74. The molecule has 0 saturated carbocycles. The molecule has 3 rings (SSSR count). The van der Waals surface area contributed by atoms with Gasteiger partial charge in [0.15, 0.2) is 0 Å². The SMILES string of the molecule is [Li][C]1=Cc2ccccc2C1c1c(F)c(F)c(F)c(F)c1F. The standard InChI is InChI=1S/C15H6F5.Li/c16-11-10(12(17)14(19)15(20)13(11)18)9-6-5-7-3-1-2-4-8(7)9;/h1-5,9H;. The van der Waals surface area contributed by atoms with Crippen LogP contribution in [0.1, 0.15) is 22.6 Å². The van der Waals surface area contributed by atoms with Crippen LogP contribution >= 0.6 is 0 Å². The monoisotopic (exact) mass is 288 g/mol. The summed E-state index contributed by atoms with van der Waals surface area (Å²) in [4.78, 5) is 0. The van der Waals surface area contributed by atoms with Crippen LogP contribution in [0.25, 0.3) is 6.08 Å². The Balaban J connectivity index is 2.30. The summed E-state index contributed by atoms with van der Waals surface area (Å²) in [5.74, 6) is -10.5. The molecule has 0 radical (unpaired) electrons. The van der Waals surface area contributed by atoms with E-state index < -0.39 is 40.6 Å². The maximum atomic E-state index is 14.0. The summed E-state index contributed by atoms with van der Waals surface area (Å²) in [7, 11) is 0. The third-order valence-electron chi connectivity index (χ3n) is 3.68. The van der Waals surface area contributed by atoms with Gasteiger partial charge in [0.05, 0.1) is 0 Å². The Kier molecular flexibility index (Phi) is 3.43. The summed E-state index contributed by atoms with van der Waals surface area (Å²) in [6, 6.07) is 6.74. The Morgan fingerprint density at radius 1 is 0.762 bits per heavy atom. The second kappa shape index (κ2) is 5.01. The topological polar surface area (TPSA) is 0 Å². The van der Waals surface area contributed by atoms with Gasteiger partial charge in [0.25, 0.3) is 0 Å². The van der Waals surface area contributed by atoms with Crippen molar-refractivity contribution in [1.29, 1.82) is 0 Å². The van der Waals surface area contributed by atoms with Gasteiger partial charge in [-0.25, -0.2) is 0 Å². The number of rotatable bonds is 1. The van der Waals surface area contributed by atoms with Crippen molar-refractivity contribution in [2.75, 3.05) is 0 Å². The zero-order chi connectivity index (χ0) is 15.3. The summed E-state index contributed by atoms with van der Waals surface area (Å²) in [5, 5.41) is 0. The normalized spacial score (nSPS) is 16.9. The summed E-state index contributed by atoms with van der Waals surface area (Å²) >= 11 is 1.60. The fraction of sp³-hybridized carbons (Fsp3) is 0.0667. The minimum atomic E-state index is -2.14. The first-order chi connectivity index (χ1) is 9.93. The molecule has 0 aliphatic heterocycles. The quantitative estimate of drug-likeness (QED) is 0.321. The Labute approximate surface area is 126 Å². The van der Waals surface area contributed by atoms with Crippen LogP contribution in [-0.4, -0.2) is 17.7 Å².